The molecule has 1 aliphatic rings. The van der Waals surface area contributed by atoms with Gasteiger partial charge in [0, 0.05) is 23.6 Å². The van der Waals surface area contributed by atoms with Gasteiger partial charge in [-0.2, -0.15) is 4.98 Å². The fraction of sp³-hybridized carbons (Fsp3) is 0.389. The Balaban J connectivity index is 1.78. The SMILES string of the molecule is COc1ccc(Cl)cc1/C=C/C(=O)NC1(c2noc(C)n2)CCCC1. The summed E-state index contributed by atoms with van der Waals surface area (Å²) in [6, 6.07) is 5.25. The van der Waals surface area contributed by atoms with Crippen molar-refractivity contribution in [1.29, 1.82) is 0 Å². The number of hydrogen-bond donors (Lipinski definition) is 1. The third-order valence-electron chi connectivity index (χ3n) is 4.38. The molecule has 1 aromatic carbocycles. The van der Waals surface area contributed by atoms with E-state index in [2.05, 4.69) is 15.5 Å². The van der Waals surface area contributed by atoms with Gasteiger partial charge < -0.3 is 14.6 Å². The molecule has 1 fully saturated rings. The van der Waals surface area contributed by atoms with E-state index in [-0.39, 0.29) is 5.91 Å². The lowest BCUT2D eigenvalue weighted by Gasteiger charge is -2.26. The first-order valence-electron chi connectivity index (χ1n) is 8.17. The Kier molecular flexibility index (Phi) is 5.08. The van der Waals surface area contributed by atoms with Crippen LogP contribution in [0.4, 0.5) is 0 Å². The fourth-order valence-corrected chi connectivity index (χ4v) is 3.34. The predicted molar refractivity (Wildman–Crippen MR) is 94.4 cm³/mol. The lowest BCUT2D eigenvalue weighted by molar-refractivity contribution is -0.118. The molecule has 0 spiro atoms. The van der Waals surface area contributed by atoms with Crippen LogP contribution in [-0.2, 0) is 10.3 Å². The van der Waals surface area contributed by atoms with Crippen LogP contribution in [0.1, 0.15) is 43.0 Å². The average Bonchev–Trinajstić information content (AvgIpc) is 3.23. The van der Waals surface area contributed by atoms with Gasteiger partial charge in [-0.1, -0.05) is 29.6 Å². The molecule has 132 valence electrons. The number of hydrogen-bond acceptors (Lipinski definition) is 5. The molecule has 0 unspecified atom stereocenters. The van der Waals surface area contributed by atoms with Crippen LogP contribution in [0.5, 0.6) is 5.75 Å². The van der Waals surface area contributed by atoms with Gasteiger partial charge in [-0.25, -0.2) is 0 Å². The van der Waals surface area contributed by atoms with Gasteiger partial charge in [0.25, 0.3) is 0 Å². The topological polar surface area (TPSA) is 77.2 Å². The second-order valence-corrected chi connectivity index (χ2v) is 6.57. The fourth-order valence-electron chi connectivity index (χ4n) is 3.16. The first-order valence-corrected chi connectivity index (χ1v) is 8.55. The van der Waals surface area contributed by atoms with Crippen molar-refractivity contribution in [3.63, 3.8) is 0 Å². The number of aromatic nitrogens is 2. The number of rotatable bonds is 5. The van der Waals surface area contributed by atoms with Crippen LogP contribution in [0.2, 0.25) is 5.02 Å². The average molecular weight is 362 g/mol. The molecule has 1 heterocycles. The van der Waals surface area contributed by atoms with E-state index in [9.17, 15) is 4.79 Å². The second kappa shape index (κ2) is 7.27. The summed E-state index contributed by atoms with van der Waals surface area (Å²) in [4.78, 5) is 16.8. The van der Waals surface area contributed by atoms with E-state index >= 15 is 0 Å². The zero-order valence-electron chi connectivity index (χ0n) is 14.2. The molecule has 0 radical (unpaired) electrons. The van der Waals surface area contributed by atoms with Gasteiger partial charge in [0.2, 0.25) is 11.8 Å². The monoisotopic (exact) mass is 361 g/mol. The molecule has 1 aliphatic carbocycles. The minimum atomic E-state index is -0.558. The van der Waals surface area contributed by atoms with Gasteiger partial charge in [-0.05, 0) is 37.1 Å². The number of nitrogens with zero attached hydrogens (tertiary/aromatic N) is 2. The molecule has 25 heavy (non-hydrogen) atoms. The van der Waals surface area contributed by atoms with Crippen molar-refractivity contribution >= 4 is 23.6 Å². The lowest BCUT2D eigenvalue weighted by atomic mass is 9.96. The Labute approximate surface area is 151 Å². The first kappa shape index (κ1) is 17.5. The van der Waals surface area contributed by atoms with Crippen molar-refractivity contribution in [2.45, 2.75) is 38.1 Å². The zero-order chi connectivity index (χ0) is 17.9. The lowest BCUT2D eigenvalue weighted by Crippen LogP contribution is -2.44. The maximum absolute atomic E-state index is 12.5. The third kappa shape index (κ3) is 3.85. The number of methoxy groups -OCH3 is 1. The molecule has 0 saturated heterocycles. The van der Waals surface area contributed by atoms with E-state index in [1.807, 2.05) is 0 Å². The van der Waals surface area contributed by atoms with Crippen LogP contribution in [0.3, 0.4) is 0 Å². The summed E-state index contributed by atoms with van der Waals surface area (Å²) in [6.45, 7) is 1.74. The Hall–Kier alpha value is -2.34. The molecule has 0 bridgehead atoms. The third-order valence-corrected chi connectivity index (χ3v) is 4.62. The maximum Gasteiger partial charge on any atom is 0.244 e. The molecule has 0 atom stereocenters. The Bertz CT molecular complexity index is 795. The predicted octanol–water partition coefficient (Wildman–Crippen LogP) is 3.64. The molecule has 0 aliphatic heterocycles. The van der Waals surface area contributed by atoms with Crippen molar-refractivity contribution < 1.29 is 14.1 Å². The van der Waals surface area contributed by atoms with E-state index < -0.39 is 5.54 Å². The standard InChI is InChI=1S/C18H20ClN3O3/c1-12-20-17(22-25-12)18(9-3-4-10-18)21-16(23)8-5-13-11-14(19)6-7-15(13)24-2/h5-8,11H,3-4,9-10H2,1-2H3,(H,21,23)/b8-5+. The Morgan fingerprint density at radius 2 is 2.16 bits per heavy atom. The van der Waals surface area contributed by atoms with Gasteiger partial charge in [0.15, 0.2) is 5.82 Å². The van der Waals surface area contributed by atoms with Crippen LogP contribution in [0, 0.1) is 6.92 Å². The highest BCUT2D eigenvalue weighted by molar-refractivity contribution is 6.30. The van der Waals surface area contributed by atoms with E-state index in [1.54, 1.807) is 38.3 Å². The summed E-state index contributed by atoms with van der Waals surface area (Å²) in [5.74, 6) is 1.48. The van der Waals surface area contributed by atoms with Gasteiger partial charge in [-0.3, -0.25) is 4.79 Å². The molecule has 2 aromatic rings. The van der Waals surface area contributed by atoms with E-state index in [4.69, 9.17) is 20.9 Å². The molecule has 1 N–H and O–H groups in total. The molecule has 6 nitrogen and oxygen atoms in total. The normalized spacial score (nSPS) is 16.3. The largest absolute Gasteiger partial charge is 0.496 e. The number of carbonyl (C=O) groups excluding carboxylic acids is 1. The minimum absolute atomic E-state index is 0.216. The highest BCUT2D eigenvalue weighted by atomic mass is 35.5. The summed E-state index contributed by atoms with van der Waals surface area (Å²) in [7, 11) is 1.58. The number of nitrogens with one attached hydrogen (secondary N) is 1. The van der Waals surface area contributed by atoms with Crippen LogP contribution in [0.15, 0.2) is 28.8 Å². The van der Waals surface area contributed by atoms with Crippen molar-refractivity contribution in [3.05, 3.63) is 46.6 Å². The number of ether oxygens (including phenoxy) is 1. The van der Waals surface area contributed by atoms with Crippen LogP contribution < -0.4 is 10.1 Å². The number of benzene rings is 1. The van der Waals surface area contributed by atoms with Crippen LogP contribution in [-0.4, -0.2) is 23.2 Å². The number of halogens is 1. The van der Waals surface area contributed by atoms with Gasteiger partial charge in [0.05, 0.1) is 7.11 Å². The van der Waals surface area contributed by atoms with E-state index in [0.717, 1.165) is 31.2 Å². The Morgan fingerprint density at radius 1 is 1.40 bits per heavy atom. The molecule has 1 saturated carbocycles. The quantitative estimate of drug-likeness (QED) is 0.823. The van der Waals surface area contributed by atoms with Crippen LogP contribution in [0.25, 0.3) is 6.08 Å². The summed E-state index contributed by atoms with van der Waals surface area (Å²) < 4.78 is 10.4. The maximum atomic E-state index is 12.5. The van der Waals surface area contributed by atoms with Crippen molar-refractivity contribution in [3.8, 4) is 5.75 Å². The summed E-state index contributed by atoms with van der Waals surface area (Å²) in [5, 5.41) is 7.66. The molecule has 1 amide bonds. The highest BCUT2D eigenvalue weighted by Crippen LogP contribution is 2.37. The van der Waals surface area contributed by atoms with Gasteiger partial charge in [-0.15, -0.1) is 0 Å². The number of aryl methyl sites for hydroxylation is 1. The zero-order valence-corrected chi connectivity index (χ0v) is 15.0. The van der Waals surface area contributed by atoms with Crippen molar-refractivity contribution in [2.24, 2.45) is 0 Å². The van der Waals surface area contributed by atoms with Gasteiger partial charge >= 0.3 is 0 Å². The van der Waals surface area contributed by atoms with Crippen molar-refractivity contribution in [1.82, 2.24) is 15.5 Å². The highest BCUT2D eigenvalue weighted by Gasteiger charge is 2.40. The van der Waals surface area contributed by atoms with Gasteiger partial charge in [0.1, 0.15) is 11.3 Å². The summed E-state index contributed by atoms with van der Waals surface area (Å²) in [5.41, 5.74) is 0.179. The minimum Gasteiger partial charge on any atom is -0.496 e. The van der Waals surface area contributed by atoms with Crippen molar-refractivity contribution in [2.75, 3.05) is 7.11 Å². The first-order chi connectivity index (χ1) is 12.0. The Morgan fingerprint density at radius 3 is 2.80 bits per heavy atom. The molecule has 3 rings (SSSR count). The van der Waals surface area contributed by atoms with Crippen LogP contribution >= 0.6 is 11.6 Å². The summed E-state index contributed by atoms with van der Waals surface area (Å²) >= 11 is 6.01. The van der Waals surface area contributed by atoms with E-state index in [1.165, 1.54) is 6.08 Å². The second-order valence-electron chi connectivity index (χ2n) is 6.14. The molecule has 7 heteroatoms. The number of amides is 1. The summed E-state index contributed by atoms with van der Waals surface area (Å²) in [6.07, 6.45) is 6.78. The number of carbonyl (C=O) groups is 1. The molecular weight excluding hydrogens is 342 g/mol. The van der Waals surface area contributed by atoms with E-state index in [0.29, 0.717) is 22.5 Å². The molecule has 1 aromatic heterocycles. The smallest absolute Gasteiger partial charge is 0.244 e. The molecular formula is C18H20ClN3O3.